The summed E-state index contributed by atoms with van der Waals surface area (Å²) in [6, 6.07) is 0. The highest BCUT2D eigenvalue weighted by atomic mass is 32.1. The number of aryl methyl sites for hydroxylation is 1. The Balaban J connectivity index is 1.99. The fourth-order valence-electron chi connectivity index (χ4n) is 2.05. The maximum Gasteiger partial charge on any atom is 0.0897 e. The lowest BCUT2D eigenvalue weighted by Gasteiger charge is -2.19. The van der Waals surface area contributed by atoms with Crippen molar-refractivity contribution in [3.63, 3.8) is 0 Å². The minimum Gasteiger partial charge on any atom is -0.389 e. The Hall–Kier alpha value is -0.530. The summed E-state index contributed by atoms with van der Waals surface area (Å²) in [6.07, 6.45) is 0.433. The molecule has 0 saturated heterocycles. The molecule has 1 aromatic rings. The maximum atomic E-state index is 9.83. The van der Waals surface area contributed by atoms with Gasteiger partial charge in [0.1, 0.15) is 0 Å². The molecule has 0 spiro atoms. The van der Waals surface area contributed by atoms with Gasteiger partial charge in [-0.1, -0.05) is 13.8 Å². The van der Waals surface area contributed by atoms with E-state index in [1.165, 1.54) is 4.88 Å². The molecule has 1 aromatic heterocycles. The van der Waals surface area contributed by atoms with E-state index in [1.54, 1.807) is 11.3 Å². The summed E-state index contributed by atoms with van der Waals surface area (Å²) in [5.74, 6) is 0. The van der Waals surface area contributed by atoms with Crippen molar-refractivity contribution in [2.24, 2.45) is 0 Å². The van der Waals surface area contributed by atoms with Gasteiger partial charge in [0.15, 0.2) is 0 Å². The predicted octanol–water partition coefficient (Wildman–Crippen LogP) is 1.30. The summed E-state index contributed by atoms with van der Waals surface area (Å²) in [7, 11) is 0. The van der Waals surface area contributed by atoms with Crippen molar-refractivity contribution in [1.82, 2.24) is 15.2 Å². The Labute approximate surface area is 132 Å². The number of hydrogen-bond donors (Lipinski definition) is 2. The first kappa shape index (κ1) is 18.5. The second-order valence-electron chi connectivity index (χ2n) is 5.07. The normalized spacial score (nSPS) is 13.0. The van der Waals surface area contributed by atoms with E-state index in [0.717, 1.165) is 38.3 Å². The van der Waals surface area contributed by atoms with Gasteiger partial charge in [-0.25, -0.2) is 4.98 Å². The molecule has 1 heterocycles. The van der Waals surface area contributed by atoms with Crippen LogP contribution in [0.15, 0.2) is 5.51 Å². The summed E-state index contributed by atoms with van der Waals surface area (Å²) >= 11 is 1.66. The highest BCUT2D eigenvalue weighted by Crippen LogP contribution is 2.12. The Bertz CT molecular complexity index is 370. The molecule has 0 fully saturated rings. The van der Waals surface area contributed by atoms with Crippen LogP contribution in [0.25, 0.3) is 0 Å². The molecule has 0 radical (unpaired) electrons. The first-order valence-corrected chi connectivity index (χ1v) is 8.63. The molecule has 1 unspecified atom stereocenters. The zero-order valence-electron chi connectivity index (χ0n) is 13.5. The fourth-order valence-corrected chi connectivity index (χ4v) is 2.82. The van der Waals surface area contributed by atoms with Crippen molar-refractivity contribution >= 4 is 11.3 Å². The lowest BCUT2D eigenvalue weighted by atomic mass is 10.3. The third kappa shape index (κ3) is 7.87. The molecule has 6 heteroatoms. The van der Waals surface area contributed by atoms with Crippen molar-refractivity contribution in [1.29, 1.82) is 0 Å². The lowest BCUT2D eigenvalue weighted by molar-refractivity contribution is 0.0383. The molecule has 0 aromatic carbocycles. The number of aliphatic hydroxyl groups excluding tert-OH is 1. The Kier molecular flexibility index (Phi) is 9.78. The molecule has 0 aliphatic carbocycles. The third-order valence-corrected chi connectivity index (χ3v) is 4.50. The first-order chi connectivity index (χ1) is 10.2. The number of nitrogens with zero attached hydrogens (tertiary/aromatic N) is 2. The topological polar surface area (TPSA) is 57.6 Å². The Morgan fingerprint density at radius 2 is 2.19 bits per heavy atom. The smallest absolute Gasteiger partial charge is 0.0897 e. The van der Waals surface area contributed by atoms with Crippen molar-refractivity contribution in [2.75, 3.05) is 45.9 Å². The molecule has 0 amide bonds. The van der Waals surface area contributed by atoms with E-state index in [2.05, 4.69) is 29.0 Å². The van der Waals surface area contributed by atoms with Crippen LogP contribution in [0.4, 0.5) is 0 Å². The summed E-state index contributed by atoms with van der Waals surface area (Å²) in [5.41, 5.74) is 2.95. The van der Waals surface area contributed by atoms with Gasteiger partial charge in [0, 0.05) is 30.9 Å². The largest absolute Gasteiger partial charge is 0.389 e. The van der Waals surface area contributed by atoms with Crippen LogP contribution in [0, 0.1) is 6.92 Å². The zero-order valence-corrected chi connectivity index (χ0v) is 14.3. The molecule has 0 aliphatic rings. The quantitative estimate of drug-likeness (QED) is 0.570. The van der Waals surface area contributed by atoms with Gasteiger partial charge in [0.05, 0.1) is 30.5 Å². The van der Waals surface area contributed by atoms with Crippen molar-refractivity contribution in [3.8, 4) is 0 Å². The van der Waals surface area contributed by atoms with Gasteiger partial charge in [-0.15, -0.1) is 11.3 Å². The average molecular weight is 315 g/mol. The van der Waals surface area contributed by atoms with Crippen molar-refractivity contribution in [2.45, 2.75) is 33.3 Å². The minimum absolute atomic E-state index is 0.385. The van der Waals surface area contributed by atoms with E-state index >= 15 is 0 Å². The molecular weight excluding hydrogens is 286 g/mol. The fraction of sp³-hybridized carbons (Fsp3) is 0.800. The summed E-state index contributed by atoms with van der Waals surface area (Å²) in [5, 5.41) is 13.1. The number of nitrogens with one attached hydrogen (secondary N) is 1. The molecular formula is C15H29N3O2S. The molecule has 122 valence electrons. The first-order valence-electron chi connectivity index (χ1n) is 7.75. The highest BCUT2D eigenvalue weighted by Gasteiger charge is 2.06. The van der Waals surface area contributed by atoms with E-state index in [9.17, 15) is 5.11 Å². The van der Waals surface area contributed by atoms with Gasteiger partial charge in [-0.3, -0.25) is 0 Å². The zero-order chi connectivity index (χ0) is 15.5. The molecule has 5 nitrogen and oxygen atoms in total. The van der Waals surface area contributed by atoms with Crippen LogP contribution in [-0.2, 0) is 11.2 Å². The molecule has 0 bridgehead atoms. The van der Waals surface area contributed by atoms with Crippen LogP contribution in [-0.4, -0.2) is 67.0 Å². The standard InChI is InChI=1S/C15H29N3O2S/c1-4-18(5-2)8-7-16-10-14(19)11-20-9-6-15-13(3)17-12-21-15/h12,14,16,19H,4-11H2,1-3H3. The number of likely N-dealkylation sites (N-methyl/N-ethyl adjacent to an activating group) is 1. The molecule has 2 N–H and O–H groups in total. The lowest BCUT2D eigenvalue weighted by Crippen LogP contribution is -2.36. The van der Waals surface area contributed by atoms with Gasteiger partial charge in [0.2, 0.25) is 0 Å². The Morgan fingerprint density at radius 1 is 1.43 bits per heavy atom. The number of aliphatic hydroxyl groups is 1. The molecule has 0 aliphatic heterocycles. The minimum atomic E-state index is -0.440. The molecule has 1 rings (SSSR count). The van der Waals surface area contributed by atoms with Gasteiger partial charge >= 0.3 is 0 Å². The maximum absolute atomic E-state index is 9.83. The van der Waals surface area contributed by atoms with Gasteiger partial charge in [0.25, 0.3) is 0 Å². The van der Waals surface area contributed by atoms with Crippen molar-refractivity contribution < 1.29 is 9.84 Å². The second-order valence-corrected chi connectivity index (χ2v) is 6.01. The van der Waals surface area contributed by atoms with E-state index < -0.39 is 6.10 Å². The van der Waals surface area contributed by atoms with E-state index in [0.29, 0.717) is 19.8 Å². The molecule has 21 heavy (non-hydrogen) atoms. The summed E-state index contributed by atoms with van der Waals surface area (Å²) in [4.78, 5) is 7.83. The van der Waals surface area contributed by atoms with E-state index in [1.807, 2.05) is 12.4 Å². The van der Waals surface area contributed by atoms with Crippen molar-refractivity contribution in [3.05, 3.63) is 16.1 Å². The van der Waals surface area contributed by atoms with Crippen LogP contribution in [0.3, 0.4) is 0 Å². The number of aromatic nitrogens is 1. The Morgan fingerprint density at radius 3 is 2.81 bits per heavy atom. The number of thiazole rings is 1. The van der Waals surface area contributed by atoms with Crippen LogP contribution in [0.5, 0.6) is 0 Å². The average Bonchev–Trinajstić information content (AvgIpc) is 2.89. The monoisotopic (exact) mass is 315 g/mol. The van der Waals surface area contributed by atoms with E-state index in [-0.39, 0.29) is 0 Å². The molecule has 0 saturated carbocycles. The van der Waals surface area contributed by atoms with Crippen LogP contribution < -0.4 is 5.32 Å². The van der Waals surface area contributed by atoms with Gasteiger partial charge in [-0.2, -0.15) is 0 Å². The highest BCUT2D eigenvalue weighted by molar-refractivity contribution is 7.09. The van der Waals surface area contributed by atoms with Crippen LogP contribution in [0.2, 0.25) is 0 Å². The van der Waals surface area contributed by atoms with E-state index in [4.69, 9.17) is 4.74 Å². The van der Waals surface area contributed by atoms with Crippen LogP contribution in [0.1, 0.15) is 24.4 Å². The summed E-state index contributed by atoms with van der Waals surface area (Å²) in [6.45, 7) is 12.0. The predicted molar refractivity (Wildman–Crippen MR) is 88.0 cm³/mol. The van der Waals surface area contributed by atoms with Gasteiger partial charge < -0.3 is 20.1 Å². The summed E-state index contributed by atoms with van der Waals surface area (Å²) < 4.78 is 5.52. The molecule has 1 atom stereocenters. The number of hydrogen-bond acceptors (Lipinski definition) is 6. The van der Waals surface area contributed by atoms with Gasteiger partial charge in [-0.05, 0) is 20.0 Å². The van der Waals surface area contributed by atoms with Crippen LogP contribution >= 0.6 is 11.3 Å². The SMILES string of the molecule is CCN(CC)CCNCC(O)COCCc1scnc1C. The third-order valence-electron chi connectivity index (χ3n) is 3.51. The second kappa shape index (κ2) is 11.1. The number of rotatable bonds is 12. The number of ether oxygens (including phenoxy) is 1.